The first kappa shape index (κ1) is 7.10. The normalized spacial score (nSPS) is 14.4. The van der Waals surface area contributed by atoms with Gasteiger partial charge in [0.25, 0.3) is 5.91 Å². The summed E-state index contributed by atoms with van der Waals surface area (Å²) in [5.74, 6) is -0.0874. The van der Waals surface area contributed by atoms with Gasteiger partial charge < -0.3 is 5.32 Å². The van der Waals surface area contributed by atoms with Crippen LogP contribution in [0.2, 0.25) is 0 Å². The summed E-state index contributed by atoms with van der Waals surface area (Å²) in [5.41, 5.74) is 3.50. The van der Waals surface area contributed by atoms with Crippen molar-refractivity contribution in [1.29, 1.82) is 0 Å². The second kappa shape index (κ2) is 2.21. The Kier molecular flexibility index (Phi) is 1.30. The molecule has 0 spiro atoms. The minimum atomic E-state index is -0.0874. The molecule has 0 aromatic heterocycles. The lowest BCUT2D eigenvalue weighted by Gasteiger charge is -1.97. The highest BCUT2D eigenvalue weighted by Crippen LogP contribution is 2.30. The fraction of sp³-hybridized carbons (Fsp3) is 0.100. The number of hydrogen-bond donors (Lipinski definition) is 1. The molecule has 0 radical (unpaired) electrons. The van der Waals surface area contributed by atoms with E-state index in [1.54, 1.807) is 0 Å². The SMILES string of the molecule is C=C1C(=O)Nc2cc(C)ccc21. The van der Waals surface area contributed by atoms with Gasteiger partial charge in [-0.2, -0.15) is 0 Å². The summed E-state index contributed by atoms with van der Waals surface area (Å²) in [7, 11) is 0. The number of nitrogens with one attached hydrogen (secondary N) is 1. The molecule has 0 saturated heterocycles. The first-order valence-corrected chi connectivity index (χ1v) is 3.80. The van der Waals surface area contributed by atoms with Crippen LogP contribution in [0.5, 0.6) is 0 Å². The average molecular weight is 159 g/mol. The Morgan fingerprint density at radius 3 is 2.92 bits per heavy atom. The van der Waals surface area contributed by atoms with Crippen LogP contribution >= 0.6 is 0 Å². The molecule has 0 unspecified atom stereocenters. The van der Waals surface area contributed by atoms with Crippen molar-refractivity contribution in [1.82, 2.24) is 0 Å². The fourth-order valence-corrected chi connectivity index (χ4v) is 1.34. The Balaban J connectivity index is 2.62. The van der Waals surface area contributed by atoms with Crippen LogP contribution < -0.4 is 5.32 Å². The average Bonchev–Trinajstić information content (AvgIpc) is 2.28. The van der Waals surface area contributed by atoms with E-state index in [0.29, 0.717) is 5.57 Å². The summed E-state index contributed by atoms with van der Waals surface area (Å²) in [6, 6.07) is 5.85. The Morgan fingerprint density at radius 2 is 2.17 bits per heavy atom. The molecular weight excluding hydrogens is 150 g/mol. The Morgan fingerprint density at radius 1 is 1.42 bits per heavy atom. The van der Waals surface area contributed by atoms with Crippen LogP contribution in [0, 0.1) is 6.92 Å². The number of aryl methyl sites for hydroxylation is 1. The van der Waals surface area contributed by atoms with Crippen molar-refractivity contribution < 1.29 is 4.79 Å². The summed E-state index contributed by atoms with van der Waals surface area (Å²) in [6.07, 6.45) is 0. The molecular formula is C10H9NO. The van der Waals surface area contributed by atoms with Crippen molar-refractivity contribution in [3.8, 4) is 0 Å². The number of benzene rings is 1. The Labute approximate surface area is 70.9 Å². The standard InChI is InChI=1S/C10H9NO/c1-6-3-4-8-7(2)10(12)11-9(8)5-6/h3-5H,2H2,1H3,(H,11,12). The second-order valence-electron chi connectivity index (χ2n) is 2.98. The third-order valence-corrected chi connectivity index (χ3v) is 2.02. The topological polar surface area (TPSA) is 29.1 Å². The molecule has 2 rings (SSSR count). The molecule has 0 aliphatic carbocycles. The van der Waals surface area contributed by atoms with Crippen LogP contribution in [0.1, 0.15) is 11.1 Å². The molecule has 2 heteroatoms. The number of amides is 1. The van der Waals surface area contributed by atoms with Gasteiger partial charge in [0, 0.05) is 16.8 Å². The quantitative estimate of drug-likeness (QED) is 0.576. The number of rotatable bonds is 0. The van der Waals surface area contributed by atoms with Gasteiger partial charge in [-0.15, -0.1) is 0 Å². The van der Waals surface area contributed by atoms with E-state index in [-0.39, 0.29) is 5.91 Å². The zero-order valence-corrected chi connectivity index (χ0v) is 6.85. The maximum absolute atomic E-state index is 11.1. The van der Waals surface area contributed by atoms with Crippen LogP contribution in [0.15, 0.2) is 24.8 Å². The molecule has 1 aromatic rings. The molecule has 60 valence electrons. The molecule has 1 aromatic carbocycles. The van der Waals surface area contributed by atoms with Crippen LogP contribution in [0.25, 0.3) is 5.57 Å². The maximum atomic E-state index is 11.1. The summed E-state index contributed by atoms with van der Waals surface area (Å²) in [4.78, 5) is 11.1. The van der Waals surface area contributed by atoms with Gasteiger partial charge in [0.2, 0.25) is 0 Å². The van der Waals surface area contributed by atoms with Gasteiger partial charge in [-0.3, -0.25) is 4.79 Å². The Bertz CT molecular complexity index is 379. The smallest absolute Gasteiger partial charge is 0.255 e. The number of fused-ring (bicyclic) bond motifs is 1. The minimum Gasteiger partial charge on any atom is -0.321 e. The van der Waals surface area contributed by atoms with Crippen molar-refractivity contribution in [2.24, 2.45) is 0 Å². The van der Waals surface area contributed by atoms with Gasteiger partial charge >= 0.3 is 0 Å². The van der Waals surface area contributed by atoms with Gasteiger partial charge in [0.15, 0.2) is 0 Å². The van der Waals surface area contributed by atoms with E-state index < -0.39 is 0 Å². The van der Waals surface area contributed by atoms with E-state index in [2.05, 4.69) is 11.9 Å². The first-order chi connectivity index (χ1) is 5.68. The summed E-state index contributed by atoms with van der Waals surface area (Å²) < 4.78 is 0. The molecule has 0 fully saturated rings. The highest BCUT2D eigenvalue weighted by molar-refractivity contribution is 6.30. The van der Waals surface area contributed by atoms with Crippen molar-refractivity contribution >= 4 is 17.2 Å². The highest BCUT2D eigenvalue weighted by atomic mass is 16.1. The molecule has 12 heavy (non-hydrogen) atoms. The van der Waals surface area contributed by atoms with Crippen LogP contribution in [-0.2, 0) is 4.79 Å². The molecule has 1 aliphatic heterocycles. The zero-order chi connectivity index (χ0) is 8.72. The molecule has 0 atom stereocenters. The van der Waals surface area contributed by atoms with E-state index in [1.165, 1.54) is 0 Å². The third kappa shape index (κ3) is 0.848. The van der Waals surface area contributed by atoms with E-state index in [4.69, 9.17) is 0 Å². The Hall–Kier alpha value is -1.57. The number of hydrogen-bond acceptors (Lipinski definition) is 1. The van der Waals surface area contributed by atoms with Gasteiger partial charge in [-0.1, -0.05) is 18.7 Å². The largest absolute Gasteiger partial charge is 0.321 e. The van der Waals surface area contributed by atoms with Crippen molar-refractivity contribution in [3.05, 3.63) is 35.9 Å². The molecule has 1 N–H and O–H groups in total. The number of carbonyl (C=O) groups excluding carboxylic acids is 1. The molecule has 0 bridgehead atoms. The van der Waals surface area contributed by atoms with Gasteiger partial charge in [0.05, 0.1) is 0 Å². The lowest BCUT2D eigenvalue weighted by atomic mass is 10.1. The highest BCUT2D eigenvalue weighted by Gasteiger charge is 2.21. The fourth-order valence-electron chi connectivity index (χ4n) is 1.34. The van der Waals surface area contributed by atoms with Gasteiger partial charge in [-0.25, -0.2) is 0 Å². The predicted octanol–water partition coefficient (Wildman–Crippen LogP) is 1.96. The molecule has 1 amide bonds. The number of carbonyl (C=O) groups is 1. The first-order valence-electron chi connectivity index (χ1n) is 3.80. The van der Waals surface area contributed by atoms with Crippen molar-refractivity contribution in [3.63, 3.8) is 0 Å². The molecule has 0 saturated carbocycles. The summed E-state index contributed by atoms with van der Waals surface area (Å²) in [6.45, 7) is 5.69. The second-order valence-corrected chi connectivity index (χ2v) is 2.98. The van der Waals surface area contributed by atoms with Gasteiger partial charge in [0.1, 0.15) is 0 Å². The van der Waals surface area contributed by atoms with E-state index in [1.807, 2.05) is 25.1 Å². The van der Waals surface area contributed by atoms with Gasteiger partial charge in [-0.05, 0) is 18.6 Å². The third-order valence-electron chi connectivity index (χ3n) is 2.02. The maximum Gasteiger partial charge on any atom is 0.255 e. The molecule has 1 aliphatic rings. The minimum absolute atomic E-state index is 0.0874. The van der Waals surface area contributed by atoms with E-state index in [0.717, 1.165) is 16.8 Å². The monoisotopic (exact) mass is 159 g/mol. The lowest BCUT2D eigenvalue weighted by Crippen LogP contribution is -2.02. The zero-order valence-electron chi connectivity index (χ0n) is 6.85. The summed E-state index contributed by atoms with van der Waals surface area (Å²) in [5, 5.41) is 2.75. The van der Waals surface area contributed by atoms with Crippen LogP contribution in [-0.4, -0.2) is 5.91 Å². The molecule has 2 nitrogen and oxygen atoms in total. The van der Waals surface area contributed by atoms with Crippen LogP contribution in [0.3, 0.4) is 0 Å². The van der Waals surface area contributed by atoms with Crippen molar-refractivity contribution in [2.75, 3.05) is 5.32 Å². The van der Waals surface area contributed by atoms with E-state index in [9.17, 15) is 4.79 Å². The molecule has 1 heterocycles. The predicted molar refractivity (Wildman–Crippen MR) is 48.8 cm³/mol. The lowest BCUT2D eigenvalue weighted by molar-refractivity contribution is -0.110. The number of anilines is 1. The van der Waals surface area contributed by atoms with Crippen LogP contribution in [0.4, 0.5) is 5.69 Å². The van der Waals surface area contributed by atoms with Crippen molar-refractivity contribution in [2.45, 2.75) is 6.92 Å². The van der Waals surface area contributed by atoms with E-state index >= 15 is 0 Å². The summed E-state index contributed by atoms with van der Waals surface area (Å²) >= 11 is 0.